The van der Waals surface area contributed by atoms with E-state index in [1.54, 1.807) is 17.8 Å². The molecular formula is C12H17FN2O2S. The molecule has 0 aliphatic rings. The first kappa shape index (κ1) is 14.8. The van der Waals surface area contributed by atoms with Crippen molar-refractivity contribution >= 4 is 17.6 Å². The highest BCUT2D eigenvalue weighted by Crippen LogP contribution is 2.22. The van der Waals surface area contributed by atoms with Crippen LogP contribution in [-0.2, 0) is 5.75 Å². The Balaban J connectivity index is 2.82. The molecule has 0 heterocycles. The van der Waals surface area contributed by atoms with Crippen molar-refractivity contribution in [3.8, 4) is 0 Å². The van der Waals surface area contributed by atoms with Crippen molar-refractivity contribution in [1.29, 1.82) is 0 Å². The summed E-state index contributed by atoms with van der Waals surface area (Å²) in [6.07, 6.45) is 0.699. The van der Waals surface area contributed by atoms with E-state index in [-0.39, 0.29) is 12.4 Å². The molecule has 1 atom stereocenters. The summed E-state index contributed by atoms with van der Waals surface area (Å²) in [5, 5.41) is 20.7. The molecule has 1 unspecified atom stereocenters. The largest absolute Gasteiger partial charge is 0.409 e. The average molecular weight is 272 g/mol. The summed E-state index contributed by atoms with van der Waals surface area (Å²) < 4.78 is 13.1. The number of nitrogens with zero attached hydrogens (tertiary/aromatic N) is 1. The Morgan fingerprint density at radius 1 is 1.56 bits per heavy atom. The predicted octanol–water partition coefficient (Wildman–Crippen LogP) is 1.92. The summed E-state index contributed by atoms with van der Waals surface area (Å²) in [6.45, 7) is 2.15. The summed E-state index contributed by atoms with van der Waals surface area (Å²) >= 11 is 1.63. The monoisotopic (exact) mass is 272 g/mol. The van der Waals surface area contributed by atoms with Crippen molar-refractivity contribution in [2.75, 3.05) is 6.61 Å². The molecule has 18 heavy (non-hydrogen) atoms. The fourth-order valence-corrected chi connectivity index (χ4v) is 2.45. The number of halogens is 1. The molecular weight excluding hydrogens is 255 g/mol. The maximum Gasteiger partial charge on any atom is 0.170 e. The van der Waals surface area contributed by atoms with E-state index in [1.807, 2.05) is 6.92 Å². The van der Waals surface area contributed by atoms with E-state index in [9.17, 15) is 4.39 Å². The quantitative estimate of drug-likeness (QED) is 0.320. The van der Waals surface area contributed by atoms with E-state index in [0.29, 0.717) is 23.0 Å². The van der Waals surface area contributed by atoms with Gasteiger partial charge in [0.05, 0.1) is 0 Å². The van der Waals surface area contributed by atoms with E-state index >= 15 is 0 Å². The molecule has 1 aromatic carbocycles. The normalized spacial score (nSPS) is 13.6. The lowest BCUT2D eigenvalue weighted by atomic mass is 10.1. The number of benzene rings is 1. The number of hydrogen-bond acceptors (Lipinski definition) is 4. The van der Waals surface area contributed by atoms with Crippen molar-refractivity contribution in [1.82, 2.24) is 0 Å². The fourth-order valence-electron chi connectivity index (χ4n) is 1.46. The maximum atomic E-state index is 13.1. The van der Waals surface area contributed by atoms with Crippen LogP contribution in [0.4, 0.5) is 4.39 Å². The highest BCUT2D eigenvalue weighted by molar-refractivity contribution is 7.99. The van der Waals surface area contributed by atoms with Crippen molar-refractivity contribution in [3.63, 3.8) is 0 Å². The second kappa shape index (κ2) is 7.23. The Kier molecular flexibility index (Phi) is 5.94. The molecule has 1 aromatic rings. The molecule has 100 valence electrons. The van der Waals surface area contributed by atoms with Gasteiger partial charge in [-0.25, -0.2) is 4.39 Å². The van der Waals surface area contributed by atoms with Crippen LogP contribution in [-0.4, -0.2) is 28.0 Å². The van der Waals surface area contributed by atoms with Crippen molar-refractivity contribution in [3.05, 3.63) is 35.1 Å². The molecule has 0 saturated heterocycles. The Bertz CT molecular complexity index is 427. The summed E-state index contributed by atoms with van der Waals surface area (Å²) in [5.41, 5.74) is 6.72. The van der Waals surface area contributed by atoms with E-state index in [4.69, 9.17) is 16.0 Å². The first-order valence-corrected chi connectivity index (χ1v) is 6.62. The van der Waals surface area contributed by atoms with Gasteiger partial charge < -0.3 is 16.0 Å². The number of hydrogen-bond donors (Lipinski definition) is 3. The summed E-state index contributed by atoms with van der Waals surface area (Å²) in [5.74, 6) is 0.0983. The van der Waals surface area contributed by atoms with Gasteiger partial charge in [-0.1, -0.05) is 18.1 Å². The minimum atomic E-state index is -0.422. The number of nitrogens with two attached hydrogens (primary N) is 1. The molecule has 4 nitrogen and oxygen atoms in total. The number of aliphatic hydroxyl groups is 1. The van der Waals surface area contributed by atoms with Crippen LogP contribution in [0.25, 0.3) is 0 Å². The Morgan fingerprint density at radius 2 is 2.28 bits per heavy atom. The molecule has 0 aromatic heterocycles. The number of aliphatic hydroxyl groups excluding tert-OH is 1. The van der Waals surface area contributed by atoms with Gasteiger partial charge in [-0.15, -0.1) is 0 Å². The van der Waals surface area contributed by atoms with Gasteiger partial charge in [-0.3, -0.25) is 0 Å². The van der Waals surface area contributed by atoms with Gasteiger partial charge in [0.2, 0.25) is 0 Å². The van der Waals surface area contributed by atoms with Crippen LogP contribution < -0.4 is 5.73 Å². The maximum absolute atomic E-state index is 13.1. The zero-order valence-corrected chi connectivity index (χ0v) is 11.0. The van der Waals surface area contributed by atoms with E-state index in [0.717, 1.165) is 5.56 Å². The Labute approximate surface area is 110 Å². The van der Waals surface area contributed by atoms with Crippen LogP contribution >= 0.6 is 11.8 Å². The lowest BCUT2D eigenvalue weighted by Gasteiger charge is -2.12. The molecule has 0 spiro atoms. The van der Waals surface area contributed by atoms with Gasteiger partial charge in [0, 0.05) is 23.2 Å². The first-order valence-electron chi connectivity index (χ1n) is 5.57. The molecule has 6 heteroatoms. The molecule has 0 radical (unpaired) electrons. The second-order valence-electron chi connectivity index (χ2n) is 3.92. The molecule has 0 amide bonds. The van der Waals surface area contributed by atoms with Crippen LogP contribution in [0.15, 0.2) is 23.4 Å². The van der Waals surface area contributed by atoms with E-state index < -0.39 is 5.82 Å². The zero-order valence-electron chi connectivity index (χ0n) is 10.1. The Morgan fingerprint density at radius 3 is 2.89 bits per heavy atom. The topological polar surface area (TPSA) is 78.8 Å². The lowest BCUT2D eigenvalue weighted by Crippen LogP contribution is -2.16. The van der Waals surface area contributed by atoms with Gasteiger partial charge in [0.1, 0.15) is 5.82 Å². The third-order valence-corrected chi connectivity index (χ3v) is 3.80. The van der Waals surface area contributed by atoms with Gasteiger partial charge in [0.25, 0.3) is 0 Å². The minimum Gasteiger partial charge on any atom is -0.409 e. The number of amidine groups is 1. The summed E-state index contributed by atoms with van der Waals surface area (Å²) in [7, 11) is 0. The van der Waals surface area contributed by atoms with Gasteiger partial charge in [-0.2, -0.15) is 11.8 Å². The smallest absolute Gasteiger partial charge is 0.170 e. The third kappa shape index (κ3) is 4.19. The number of thioether (sulfide) groups is 1. The fraction of sp³-hybridized carbons (Fsp3) is 0.417. The molecule has 0 aliphatic carbocycles. The van der Waals surface area contributed by atoms with Gasteiger partial charge in [-0.05, 0) is 24.1 Å². The summed E-state index contributed by atoms with van der Waals surface area (Å²) in [6, 6.07) is 4.23. The van der Waals surface area contributed by atoms with Crippen molar-refractivity contribution in [2.45, 2.75) is 24.3 Å². The van der Waals surface area contributed by atoms with Crippen LogP contribution in [0.3, 0.4) is 0 Å². The van der Waals surface area contributed by atoms with Crippen LogP contribution in [0.1, 0.15) is 24.5 Å². The second-order valence-corrected chi connectivity index (χ2v) is 5.35. The average Bonchev–Trinajstić information content (AvgIpc) is 2.36. The minimum absolute atomic E-state index is 0.0973. The van der Waals surface area contributed by atoms with E-state index in [1.165, 1.54) is 12.1 Å². The predicted molar refractivity (Wildman–Crippen MR) is 71.4 cm³/mol. The number of rotatable bonds is 6. The van der Waals surface area contributed by atoms with Crippen LogP contribution in [0.2, 0.25) is 0 Å². The molecule has 0 aliphatic heterocycles. The van der Waals surface area contributed by atoms with Crippen LogP contribution in [0, 0.1) is 5.82 Å². The molecule has 0 bridgehead atoms. The molecule has 4 N–H and O–H groups in total. The highest BCUT2D eigenvalue weighted by Gasteiger charge is 2.10. The summed E-state index contributed by atoms with van der Waals surface area (Å²) in [4.78, 5) is 0. The van der Waals surface area contributed by atoms with E-state index in [2.05, 4.69) is 5.16 Å². The van der Waals surface area contributed by atoms with Gasteiger partial charge >= 0.3 is 0 Å². The molecule has 0 fully saturated rings. The standard InChI is InChI=1S/C12H17FN2O2S/c1-8(4-5-16)18-7-9-2-3-10(13)6-11(9)12(14)15-17/h2-3,6,8,16-17H,4-5,7H2,1H3,(H2,14,15). The number of oxime groups is 1. The lowest BCUT2D eigenvalue weighted by molar-refractivity contribution is 0.289. The molecule has 1 rings (SSSR count). The molecule has 0 saturated carbocycles. The Hall–Kier alpha value is -1.27. The van der Waals surface area contributed by atoms with Crippen LogP contribution in [0.5, 0.6) is 0 Å². The first-order chi connectivity index (χ1) is 8.58. The zero-order chi connectivity index (χ0) is 13.5. The van der Waals surface area contributed by atoms with Crippen molar-refractivity contribution in [2.24, 2.45) is 10.9 Å². The highest BCUT2D eigenvalue weighted by atomic mass is 32.2. The third-order valence-electron chi connectivity index (χ3n) is 2.51. The van der Waals surface area contributed by atoms with Gasteiger partial charge in [0.15, 0.2) is 5.84 Å². The SMILES string of the molecule is CC(CCO)SCc1ccc(F)cc1C(N)=NO. The van der Waals surface area contributed by atoms with Crippen molar-refractivity contribution < 1.29 is 14.7 Å².